The fraction of sp³-hybridized carbons (Fsp3) is 0.417. The van der Waals surface area contributed by atoms with Gasteiger partial charge in [-0.1, -0.05) is 37.6 Å². The van der Waals surface area contributed by atoms with Crippen molar-refractivity contribution in [2.75, 3.05) is 44.3 Å². The van der Waals surface area contributed by atoms with Crippen molar-refractivity contribution in [3.8, 4) is 0 Å². The van der Waals surface area contributed by atoms with Gasteiger partial charge in [-0.25, -0.2) is 8.42 Å². The van der Waals surface area contributed by atoms with E-state index in [2.05, 4.69) is 22.5 Å². The van der Waals surface area contributed by atoms with Crippen molar-refractivity contribution in [3.05, 3.63) is 65.2 Å². The highest BCUT2D eigenvalue weighted by molar-refractivity contribution is 7.88. The van der Waals surface area contributed by atoms with Gasteiger partial charge in [0.15, 0.2) is 0 Å². The third-order valence-corrected chi connectivity index (χ3v) is 6.93. The molecule has 8 nitrogen and oxygen atoms in total. The fourth-order valence-electron chi connectivity index (χ4n) is 3.75. The molecule has 0 spiro atoms. The van der Waals surface area contributed by atoms with E-state index in [0.717, 1.165) is 18.4 Å². The van der Waals surface area contributed by atoms with Gasteiger partial charge in [-0.3, -0.25) is 14.5 Å². The SMILES string of the molecule is CCCCNC(=O)c1ccccc1NC(=O)c1cccc(CN2CCN(S(C)(=O)=O)CC2)c1. The van der Waals surface area contributed by atoms with Crippen molar-refractivity contribution in [3.63, 3.8) is 0 Å². The molecular weight excluding hydrogens is 440 g/mol. The summed E-state index contributed by atoms with van der Waals surface area (Å²) in [7, 11) is -3.16. The van der Waals surface area contributed by atoms with Gasteiger partial charge in [0, 0.05) is 44.8 Å². The van der Waals surface area contributed by atoms with E-state index in [9.17, 15) is 18.0 Å². The van der Waals surface area contributed by atoms with Gasteiger partial charge < -0.3 is 10.6 Å². The van der Waals surface area contributed by atoms with E-state index in [1.54, 1.807) is 30.3 Å². The summed E-state index contributed by atoms with van der Waals surface area (Å²) in [5, 5.41) is 5.75. The Kier molecular flexibility index (Phi) is 8.60. The molecule has 0 saturated carbocycles. The summed E-state index contributed by atoms with van der Waals surface area (Å²) in [6.07, 6.45) is 3.12. The monoisotopic (exact) mass is 472 g/mol. The molecule has 1 fully saturated rings. The number of rotatable bonds is 9. The van der Waals surface area contributed by atoms with Crippen LogP contribution in [0.15, 0.2) is 48.5 Å². The second-order valence-electron chi connectivity index (χ2n) is 8.25. The number of carbonyl (C=O) groups is 2. The Labute approximate surface area is 196 Å². The van der Waals surface area contributed by atoms with Crippen LogP contribution in [0.4, 0.5) is 5.69 Å². The van der Waals surface area contributed by atoms with Gasteiger partial charge in [-0.2, -0.15) is 4.31 Å². The van der Waals surface area contributed by atoms with Crippen molar-refractivity contribution in [1.29, 1.82) is 0 Å². The second kappa shape index (κ2) is 11.4. The zero-order chi connectivity index (χ0) is 23.8. The lowest BCUT2D eigenvalue weighted by molar-refractivity contribution is 0.0954. The van der Waals surface area contributed by atoms with Gasteiger partial charge in [0.25, 0.3) is 11.8 Å². The summed E-state index contributed by atoms with van der Waals surface area (Å²) in [6.45, 7) is 5.51. The van der Waals surface area contributed by atoms with E-state index >= 15 is 0 Å². The van der Waals surface area contributed by atoms with Crippen LogP contribution in [-0.4, -0.2) is 68.4 Å². The van der Waals surface area contributed by atoms with Crippen LogP contribution in [0.1, 0.15) is 46.0 Å². The number of carbonyl (C=O) groups excluding carboxylic acids is 2. The number of para-hydroxylation sites is 1. The second-order valence-corrected chi connectivity index (χ2v) is 10.2. The summed E-state index contributed by atoms with van der Waals surface area (Å²) < 4.78 is 24.9. The van der Waals surface area contributed by atoms with Crippen LogP contribution in [-0.2, 0) is 16.6 Å². The van der Waals surface area contributed by atoms with E-state index in [4.69, 9.17) is 0 Å². The summed E-state index contributed by atoms with van der Waals surface area (Å²) in [4.78, 5) is 27.6. The number of unbranched alkanes of at least 4 members (excludes halogenated alkanes) is 1. The molecule has 0 radical (unpaired) electrons. The normalized spacial score (nSPS) is 15.2. The number of benzene rings is 2. The molecule has 1 saturated heterocycles. The number of anilines is 1. The van der Waals surface area contributed by atoms with Crippen LogP contribution in [0.5, 0.6) is 0 Å². The maximum atomic E-state index is 12.9. The van der Waals surface area contributed by atoms with E-state index in [0.29, 0.717) is 56.1 Å². The Hall–Kier alpha value is -2.75. The Morgan fingerprint density at radius 3 is 2.39 bits per heavy atom. The van der Waals surface area contributed by atoms with Gasteiger partial charge in [0.1, 0.15) is 0 Å². The lowest BCUT2D eigenvalue weighted by Gasteiger charge is -2.33. The van der Waals surface area contributed by atoms with Crippen LogP contribution in [0, 0.1) is 0 Å². The van der Waals surface area contributed by atoms with Gasteiger partial charge in [0.2, 0.25) is 10.0 Å². The third-order valence-electron chi connectivity index (χ3n) is 5.63. The van der Waals surface area contributed by atoms with Gasteiger partial charge in [-0.15, -0.1) is 0 Å². The number of nitrogens with one attached hydrogen (secondary N) is 2. The number of piperazine rings is 1. The number of nitrogens with zero attached hydrogens (tertiary/aromatic N) is 2. The first-order chi connectivity index (χ1) is 15.8. The van der Waals surface area contributed by atoms with Gasteiger partial charge >= 0.3 is 0 Å². The predicted molar refractivity (Wildman–Crippen MR) is 130 cm³/mol. The molecule has 1 heterocycles. The quantitative estimate of drug-likeness (QED) is 0.547. The standard InChI is InChI=1S/C24H32N4O4S/c1-3-4-12-25-24(30)21-10-5-6-11-22(21)26-23(29)20-9-7-8-19(17-20)18-27-13-15-28(16-14-27)33(2,31)32/h5-11,17H,3-4,12-16,18H2,1-2H3,(H,25,30)(H,26,29). The van der Waals surface area contributed by atoms with Crippen molar-refractivity contribution >= 4 is 27.5 Å². The van der Waals surface area contributed by atoms with Crippen LogP contribution in [0.3, 0.4) is 0 Å². The zero-order valence-electron chi connectivity index (χ0n) is 19.2. The van der Waals surface area contributed by atoms with Crippen LogP contribution >= 0.6 is 0 Å². The Balaban J connectivity index is 1.63. The first-order valence-corrected chi connectivity index (χ1v) is 13.1. The minimum Gasteiger partial charge on any atom is -0.352 e. The van der Waals surface area contributed by atoms with Crippen LogP contribution in [0.25, 0.3) is 0 Å². The minimum absolute atomic E-state index is 0.207. The van der Waals surface area contributed by atoms with E-state index in [1.807, 2.05) is 18.2 Å². The van der Waals surface area contributed by atoms with Crippen molar-refractivity contribution in [2.24, 2.45) is 0 Å². The zero-order valence-corrected chi connectivity index (χ0v) is 20.0. The molecule has 9 heteroatoms. The molecule has 0 atom stereocenters. The maximum Gasteiger partial charge on any atom is 0.255 e. The molecule has 2 N–H and O–H groups in total. The van der Waals surface area contributed by atoms with Crippen LogP contribution < -0.4 is 10.6 Å². The molecular formula is C24H32N4O4S. The lowest BCUT2D eigenvalue weighted by atomic mass is 10.1. The Bertz CT molecular complexity index is 1080. The molecule has 33 heavy (non-hydrogen) atoms. The number of amides is 2. The van der Waals surface area contributed by atoms with Gasteiger partial charge in [-0.05, 0) is 36.2 Å². The molecule has 1 aliphatic heterocycles. The number of hydrogen-bond acceptors (Lipinski definition) is 5. The first-order valence-electron chi connectivity index (χ1n) is 11.2. The van der Waals surface area contributed by atoms with Gasteiger partial charge in [0.05, 0.1) is 17.5 Å². The molecule has 2 amide bonds. The molecule has 3 rings (SSSR count). The van der Waals surface area contributed by atoms with Crippen molar-refractivity contribution in [1.82, 2.24) is 14.5 Å². The molecule has 2 aromatic carbocycles. The average molecular weight is 473 g/mol. The largest absolute Gasteiger partial charge is 0.352 e. The topological polar surface area (TPSA) is 98.8 Å². The molecule has 1 aliphatic rings. The number of hydrogen-bond donors (Lipinski definition) is 2. The molecule has 0 bridgehead atoms. The first kappa shape index (κ1) is 24.9. The summed E-state index contributed by atoms with van der Waals surface area (Å²) in [5.74, 6) is -0.492. The highest BCUT2D eigenvalue weighted by Crippen LogP contribution is 2.18. The fourth-order valence-corrected chi connectivity index (χ4v) is 4.57. The molecule has 0 aromatic heterocycles. The summed E-state index contributed by atoms with van der Waals surface area (Å²) in [5.41, 5.74) is 2.38. The Morgan fingerprint density at radius 2 is 1.70 bits per heavy atom. The predicted octanol–water partition coefficient (Wildman–Crippen LogP) is 2.55. The van der Waals surface area contributed by atoms with E-state index < -0.39 is 10.0 Å². The van der Waals surface area contributed by atoms with Crippen LogP contribution in [0.2, 0.25) is 0 Å². The third kappa shape index (κ3) is 7.12. The van der Waals surface area contributed by atoms with Crippen molar-refractivity contribution in [2.45, 2.75) is 26.3 Å². The highest BCUT2D eigenvalue weighted by atomic mass is 32.2. The Morgan fingerprint density at radius 1 is 0.970 bits per heavy atom. The minimum atomic E-state index is -3.16. The lowest BCUT2D eigenvalue weighted by Crippen LogP contribution is -2.47. The molecule has 0 aliphatic carbocycles. The molecule has 2 aromatic rings. The molecule has 0 unspecified atom stereocenters. The molecule has 178 valence electrons. The highest BCUT2D eigenvalue weighted by Gasteiger charge is 2.23. The average Bonchev–Trinajstić information content (AvgIpc) is 2.79. The van der Waals surface area contributed by atoms with E-state index in [-0.39, 0.29) is 11.8 Å². The maximum absolute atomic E-state index is 12.9. The smallest absolute Gasteiger partial charge is 0.255 e. The van der Waals surface area contributed by atoms with E-state index in [1.165, 1.54) is 10.6 Å². The summed E-state index contributed by atoms with van der Waals surface area (Å²) in [6, 6.07) is 14.3. The van der Waals surface area contributed by atoms with Crippen molar-refractivity contribution < 1.29 is 18.0 Å². The summed E-state index contributed by atoms with van der Waals surface area (Å²) >= 11 is 0. The number of sulfonamides is 1.